The fourth-order valence-corrected chi connectivity index (χ4v) is 0.885. The fraction of sp³-hybridized carbons (Fsp3) is 0.571. The molecular weight excluding hydrogens is 180 g/mol. The lowest BCUT2D eigenvalue weighted by atomic mass is 10.3. The molecule has 0 fully saturated rings. The van der Waals surface area contributed by atoms with Crippen LogP contribution in [0, 0.1) is 0 Å². The lowest BCUT2D eigenvalue weighted by molar-refractivity contribution is -0.0652. The molecule has 1 aromatic rings. The number of rotatable bonds is 4. The largest absolute Gasteiger partial charge is 0.390 e. The van der Waals surface area contributed by atoms with Gasteiger partial charge in [-0.3, -0.25) is 4.68 Å². The maximum absolute atomic E-state index is 12.6. The van der Waals surface area contributed by atoms with Crippen LogP contribution in [0.3, 0.4) is 0 Å². The number of alkyl halides is 2. The van der Waals surface area contributed by atoms with Gasteiger partial charge >= 0.3 is 0 Å². The Bertz CT molecular complexity index is 274. The van der Waals surface area contributed by atoms with E-state index in [1.54, 1.807) is 0 Å². The standard InChI is InChI=1S/C7H11F2N3O/c8-7(9,5-13)4-12-3-6(1-10)2-11-12/h2-3,13H,1,4-5,10H2. The van der Waals surface area contributed by atoms with Gasteiger partial charge in [0.05, 0.1) is 6.20 Å². The number of hydrogen-bond donors (Lipinski definition) is 2. The van der Waals surface area contributed by atoms with E-state index in [9.17, 15) is 8.78 Å². The lowest BCUT2D eigenvalue weighted by Gasteiger charge is -2.12. The Labute approximate surface area is 74.0 Å². The zero-order valence-corrected chi connectivity index (χ0v) is 6.95. The van der Waals surface area contributed by atoms with Crippen LogP contribution in [0.1, 0.15) is 5.56 Å². The van der Waals surface area contributed by atoms with Gasteiger partial charge in [-0.15, -0.1) is 0 Å². The minimum Gasteiger partial charge on any atom is -0.390 e. The number of nitrogens with zero attached hydrogens (tertiary/aromatic N) is 2. The Balaban J connectivity index is 2.63. The van der Waals surface area contributed by atoms with Gasteiger partial charge in [-0.1, -0.05) is 0 Å². The summed E-state index contributed by atoms with van der Waals surface area (Å²) in [6.07, 6.45) is 2.86. The average molecular weight is 191 g/mol. The van der Waals surface area contributed by atoms with E-state index < -0.39 is 19.1 Å². The van der Waals surface area contributed by atoms with Gasteiger partial charge in [-0.25, -0.2) is 8.78 Å². The van der Waals surface area contributed by atoms with E-state index in [0.717, 1.165) is 4.68 Å². The summed E-state index contributed by atoms with van der Waals surface area (Å²) in [4.78, 5) is 0. The quantitative estimate of drug-likeness (QED) is 0.702. The van der Waals surface area contributed by atoms with Crippen LogP contribution in [0.5, 0.6) is 0 Å². The summed E-state index contributed by atoms with van der Waals surface area (Å²) in [7, 11) is 0. The molecular formula is C7H11F2N3O. The van der Waals surface area contributed by atoms with Crippen LogP contribution in [0.25, 0.3) is 0 Å². The first-order valence-electron chi connectivity index (χ1n) is 3.77. The fourth-order valence-electron chi connectivity index (χ4n) is 0.885. The van der Waals surface area contributed by atoms with E-state index in [1.807, 2.05) is 0 Å². The van der Waals surface area contributed by atoms with Gasteiger partial charge in [0.15, 0.2) is 0 Å². The summed E-state index contributed by atoms with van der Waals surface area (Å²) in [5.41, 5.74) is 5.96. The first-order valence-corrected chi connectivity index (χ1v) is 3.77. The Morgan fingerprint density at radius 2 is 2.31 bits per heavy atom. The molecule has 0 unspecified atom stereocenters. The molecule has 0 spiro atoms. The molecule has 1 heterocycles. The summed E-state index contributed by atoms with van der Waals surface area (Å²) in [6.45, 7) is -1.53. The van der Waals surface area contributed by atoms with Crippen molar-refractivity contribution < 1.29 is 13.9 Å². The predicted octanol–water partition coefficient (Wildman–Crippen LogP) is -0.0306. The van der Waals surface area contributed by atoms with Crippen molar-refractivity contribution in [3.05, 3.63) is 18.0 Å². The van der Waals surface area contributed by atoms with Crippen molar-refractivity contribution in [2.24, 2.45) is 5.73 Å². The third kappa shape index (κ3) is 2.74. The molecule has 4 nitrogen and oxygen atoms in total. The lowest BCUT2D eigenvalue weighted by Crippen LogP contribution is -2.28. The van der Waals surface area contributed by atoms with Crippen LogP contribution < -0.4 is 5.73 Å². The van der Waals surface area contributed by atoms with Crippen molar-refractivity contribution in [3.63, 3.8) is 0 Å². The van der Waals surface area contributed by atoms with Crippen LogP contribution in [0.15, 0.2) is 12.4 Å². The molecule has 0 radical (unpaired) electrons. The molecule has 0 aliphatic heterocycles. The highest BCUT2D eigenvalue weighted by Crippen LogP contribution is 2.14. The zero-order chi connectivity index (χ0) is 9.90. The van der Waals surface area contributed by atoms with Crippen molar-refractivity contribution >= 4 is 0 Å². The molecule has 0 aliphatic rings. The van der Waals surface area contributed by atoms with Crippen molar-refractivity contribution in [2.45, 2.75) is 19.0 Å². The third-order valence-corrected chi connectivity index (χ3v) is 1.55. The Hall–Kier alpha value is -1.01. The Morgan fingerprint density at radius 1 is 1.62 bits per heavy atom. The van der Waals surface area contributed by atoms with Crippen LogP contribution in [-0.4, -0.2) is 27.4 Å². The first-order chi connectivity index (χ1) is 6.07. The van der Waals surface area contributed by atoms with Gasteiger partial charge in [0.2, 0.25) is 0 Å². The first kappa shape index (κ1) is 10.1. The molecule has 0 atom stereocenters. The summed E-state index contributed by atoms with van der Waals surface area (Å²) < 4.78 is 26.3. The molecule has 0 saturated carbocycles. The molecule has 6 heteroatoms. The smallest absolute Gasteiger partial charge is 0.289 e. The molecule has 74 valence electrons. The van der Waals surface area contributed by atoms with E-state index in [4.69, 9.17) is 10.8 Å². The zero-order valence-electron chi connectivity index (χ0n) is 6.95. The molecule has 0 amide bonds. The molecule has 0 aliphatic carbocycles. The van der Waals surface area contributed by atoms with Crippen LogP contribution in [-0.2, 0) is 13.1 Å². The number of nitrogens with two attached hydrogens (primary N) is 1. The SMILES string of the molecule is NCc1cnn(CC(F)(F)CO)c1. The van der Waals surface area contributed by atoms with Crippen molar-refractivity contribution in [2.75, 3.05) is 6.61 Å². The number of aliphatic hydroxyl groups excluding tert-OH is 1. The molecule has 0 saturated heterocycles. The van der Waals surface area contributed by atoms with Crippen molar-refractivity contribution in [1.82, 2.24) is 9.78 Å². The molecule has 0 aromatic carbocycles. The van der Waals surface area contributed by atoms with Gasteiger partial charge < -0.3 is 10.8 Å². The molecule has 3 N–H and O–H groups in total. The summed E-state index contributed by atoms with van der Waals surface area (Å²) >= 11 is 0. The molecule has 13 heavy (non-hydrogen) atoms. The number of hydrogen-bond acceptors (Lipinski definition) is 3. The van der Waals surface area contributed by atoms with Crippen molar-refractivity contribution in [1.29, 1.82) is 0 Å². The van der Waals surface area contributed by atoms with Crippen molar-refractivity contribution in [3.8, 4) is 0 Å². The summed E-state index contributed by atoms with van der Waals surface area (Å²) in [5, 5.41) is 12.0. The average Bonchev–Trinajstić information content (AvgIpc) is 2.52. The van der Waals surface area contributed by atoms with Crippen LogP contribution in [0.4, 0.5) is 8.78 Å². The number of aromatic nitrogens is 2. The van der Waals surface area contributed by atoms with Gasteiger partial charge in [-0.05, 0) is 0 Å². The maximum Gasteiger partial charge on any atom is 0.289 e. The monoisotopic (exact) mass is 191 g/mol. The topological polar surface area (TPSA) is 64.1 Å². The van der Waals surface area contributed by atoms with Gasteiger partial charge in [0.1, 0.15) is 13.2 Å². The number of halogens is 2. The highest BCUT2D eigenvalue weighted by Gasteiger charge is 2.28. The van der Waals surface area contributed by atoms with Gasteiger partial charge in [0, 0.05) is 18.3 Å². The van der Waals surface area contributed by atoms with Crippen LogP contribution >= 0.6 is 0 Å². The van der Waals surface area contributed by atoms with E-state index in [-0.39, 0.29) is 6.54 Å². The summed E-state index contributed by atoms with van der Waals surface area (Å²) in [6, 6.07) is 0. The Kier molecular flexibility index (Phi) is 2.94. The normalized spacial score (nSPS) is 12.0. The molecule has 1 aromatic heterocycles. The predicted molar refractivity (Wildman–Crippen MR) is 42.2 cm³/mol. The van der Waals surface area contributed by atoms with E-state index >= 15 is 0 Å². The minimum atomic E-state index is -3.13. The van der Waals surface area contributed by atoms with Gasteiger partial charge in [-0.2, -0.15) is 5.10 Å². The highest BCUT2D eigenvalue weighted by atomic mass is 19.3. The third-order valence-electron chi connectivity index (χ3n) is 1.55. The second kappa shape index (κ2) is 3.80. The maximum atomic E-state index is 12.6. The second-order valence-corrected chi connectivity index (χ2v) is 2.76. The number of aliphatic hydroxyl groups is 1. The van der Waals surface area contributed by atoms with Crippen LogP contribution in [0.2, 0.25) is 0 Å². The van der Waals surface area contributed by atoms with E-state index in [0.29, 0.717) is 5.56 Å². The summed E-state index contributed by atoms with van der Waals surface area (Å²) in [5.74, 6) is -3.13. The molecule has 1 rings (SSSR count). The van der Waals surface area contributed by atoms with Gasteiger partial charge in [0.25, 0.3) is 5.92 Å². The second-order valence-electron chi connectivity index (χ2n) is 2.76. The highest BCUT2D eigenvalue weighted by molar-refractivity contribution is 5.02. The van der Waals surface area contributed by atoms with E-state index in [1.165, 1.54) is 12.4 Å². The Morgan fingerprint density at radius 3 is 2.77 bits per heavy atom. The minimum absolute atomic E-state index is 0.269. The molecule has 0 bridgehead atoms. The van der Waals surface area contributed by atoms with E-state index in [2.05, 4.69) is 5.10 Å².